The van der Waals surface area contributed by atoms with Gasteiger partial charge in [0.05, 0.1) is 17.2 Å². The van der Waals surface area contributed by atoms with Crippen LogP contribution < -0.4 is 4.90 Å². The highest BCUT2D eigenvalue weighted by molar-refractivity contribution is 7.90. The lowest BCUT2D eigenvalue weighted by Crippen LogP contribution is -2.39. The Balaban J connectivity index is 1.93. The summed E-state index contributed by atoms with van der Waals surface area (Å²) in [6.45, 7) is 3.99. The van der Waals surface area contributed by atoms with E-state index >= 15 is 0 Å². The molecule has 5 heteroatoms. The van der Waals surface area contributed by atoms with Crippen molar-refractivity contribution in [2.75, 3.05) is 30.9 Å². The topological polar surface area (TPSA) is 46.6 Å². The summed E-state index contributed by atoms with van der Waals surface area (Å²) in [6, 6.07) is 15.3. The van der Waals surface area contributed by atoms with E-state index < -0.39 is 9.84 Å². The zero-order chi connectivity index (χ0) is 16.4. The van der Waals surface area contributed by atoms with Gasteiger partial charge in [0.15, 0.2) is 9.84 Å². The molecule has 1 aliphatic rings. The first-order valence-corrected chi connectivity index (χ1v) is 9.57. The van der Waals surface area contributed by atoms with Gasteiger partial charge in [-0.05, 0) is 30.2 Å². The molecule has 2 aromatic carbocycles. The summed E-state index contributed by atoms with van der Waals surface area (Å²) in [5, 5.41) is 0. The van der Waals surface area contributed by atoms with E-state index in [2.05, 4.69) is 24.0 Å². The second-order valence-electron chi connectivity index (χ2n) is 5.90. The molecule has 0 saturated carbocycles. The van der Waals surface area contributed by atoms with Gasteiger partial charge in [0.25, 0.3) is 0 Å². The maximum atomic E-state index is 12.0. The van der Waals surface area contributed by atoms with Crippen molar-refractivity contribution in [2.24, 2.45) is 0 Å². The summed E-state index contributed by atoms with van der Waals surface area (Å²) < 4.78 is 30.0. The number of hydrogen-bond donors (Lipinski definition) is 0. The number of nitrogens with zero attached hydrogens (tertiary/aromatic N) is 1. The summed E-state index contributed by atoms with van der Waals surface area (Å²) >= 11 is 0. The Kier molecular flexibility index (Phi) is 4.41. The van der Waals surface area contributed by atoms with Crippen LogP contribution in [0.25, 0.3) is 0 Å². The van der Waals surface area contributed by atoms with Gasteiger partial charge in [-0.2, -0.15) is 0 Å². The van der Waals surface area contributed by atoms with Crippen LogP contribution in [0.1, 0.15) is 17.2 Å². The van der Waals surface area contributed by atoms with E-state index in [0.717, 1.165) is 11.3 Å². The molecule has 0 N–H and O–H groups in total. The first-order chi connectivity index (χ1) is 11.0. The third kappa shape index (κ3) is 3.41. The molecule has 1 unspecified atom stereocenters. The Labute approximate surface area is 137 Å². The molecule has 1 aliphatic heterocycles. The third-order valence-electron chi connectivity index (χ3n) is 4.21. The molecule has 0 radical (unpaired) electrons. The molecule has 2 aromatic rings. The predicted octanol–water partition coefficient (Wildman–Crippen LogP) is 2.98. The Bertz CT molecular complexity index is 801. The van der Waals surface area contributed by atoms with Gasteiger partial charge in [0.1, 0.15) is 6.10 Å². The summed E-state index contributed by atoms with van der Waals surface area (Å²) in [7, 11) is -3.26. The largest absolute Gasteiger partial charge is 0.370 e. The molecule has 0 amide bonds. The summed E-state index contributed by atoms with van der Waals surface area (Å²) in [5.41, 5.74) is 3.11. The van der Waals surface area contributed by atoms with Crippen LogP contribution in [-0.4, -0.2) is 34.4 Å². The van der Waals surface area contributed by atoms with Crippen LogP contribution in [0, 0.1) is 6.92 Å². The minimum Gasteiger partial charge on any atom is -0.370 e. The van der Waals surface area contributed by atoms with Gasteiger partial charge in [-0.15, -0.1) is 0 Å². The average molecular weight is 331 g/mol. The fourth-order valence-electron chi connectivity index (χ4n) is 3.04. The lowest BCUT2D eigenvalue weighted by atomic mass is 10.0. The quantitative estimate of drug-likeness (QED) is 0.867. The van der Waals surface area contributed by atoms with Gasteiger partial charge in [-0.25, -0.2) is 8.42 Å². The smallest absolute Gasteiger partial charge is 0.177 e. The van der Waals surface area contributed by atoms with Crippen molar-refractivity contribution in [2.45, 2.75) is 17.9 Å². The number of ether oxygens (including phenoxy) is 1. The average Bonchev–Trinajstić information content (AvgIpc) is 2.55. The Hall–Kier alpha value is -1.85. The number of hydrogen-bond acceptors (Lipinski definition) is 4. The molecule has 122 valence electrons. The van der Waals surface area contributed by atoms with E-state index in [4.69, 9.17) is 4.74 Å². The van der Waals surface area contributed by atoms with Gasteiger partial charge >= 0.3 is 0 Å². The minimum absolute atomic E-state index is 0.0439. The molecule has 4 nitrogen and oxygen atoms in total. The molecule has 23 heavy (non-hydrogen) atoms. The van der Waals surface area contributed by atoms with Crippen LogP contribution in [0.15, 0.2) is 53.4 Å². The number of sulfone groups is 1. The molecule has 0 aromatic heterocycles. The van der Waals surface area contributed by atoms with Crippen LogP contribution in [0.2, 0.25) is 0 Å². The number of benzene rings is 2. The fraction of sp³-hybridized carbons (Fsp3) is 0.333. The van der Waals surface area contributed by atoms with E-state index in [9.17, 15) is 8.42 Å². The first kappa shape index (κ1) is 16.0. The molecule has 0 aliphatic carbocycles. The zero-order valence-electron chi connectivity index (χ0n) is 13.4. The van der Waals surface area contributed by atoms with Crippen LogP contribution in [0.5, 0.6) is 0 Å². The van der Waals surface area contributed by atoms with Gasteiger partial charge in [-0.3, -0.25) is 0 Å². The third-order valence-corrected chi connectivity index (χ3v) is 5.35. The summed E-state index contributed by atoms with van der Waals surface area (Å²) in [4.78, 5) is 2.49. The van der Waals surface area contributed by atoms with Crippen LogP contribution in [-0.2, 0) is 14.6 Å². The van der Waals surface area contributed by atoms with Gasteiger partial charge in [0.2, 0.25) is 0 Å². The van der Waals surface area contributed by atoms with Crippen molar-refractivity contribution in [1.82, 2.24) is 0 Å². The Morgan fingerprint density at radius 1 is 1.09 bits per heavy atom. The predicted molar refractivity (Wildman–Crippen MR) is 91.6 cm³/mol. The van der Waals surface area contributed by atoms with Crippen LogP contribution in [0.3, 0.4) is 0 Å². The van der Waals surface area contributed by atoms with Crippen molar-refractivity contribution in [3.05, 3.63) is 59.7 Å². The highest BCUT2D eigenvalue weighted by Gasteiger charge is 2.26. The molecule has 0 spiro atoms. The van der Waals surface area contributed by atoms with E-state index in [1.807, 2.05) is 24.3 Å². The van der Waals surface area contributed by atoms with E-state index in [-0.39, 0.29) is 6.10 Å². The number of para-hydroxylation sites is 1. The SMILES string of the molecule is Cc1ccccc1C1CN(c2ccccc2S(C)(=O)=O)CCO1. The second-order valence-corrected chi connectivity index (χ2v) is 7.89. The van der Waals surface area contributed by atoms with Gasteiger partial charge in [-0.1, -0.05) is 36.4 Å². The number of aryl methyl sites for hydroxylation is 1. The molecule has 3 rings (SSSR count). The lowest BCUT2D eigenvalue weighted by molar-refractivity contribution is 0.0392. The lowest BCUT2D eigenvalue weighted by Gasteiger charge is -2.36. The van der Waals surface area contributed by atoms with Crippen molar-refractivity contribution >= 4 is 15.5 Å². The molecule has 1 atom stereocenters. The molecule has 1 saturated heterocycles. The summed E-state index contributed by atoms with van der Waals surface area (Å²) in [6.07, 6.45) is 1.21. The molecular weight excluding hydrogens is 310 g/mol. The standard InChI is InChI=1S/C18H21NO3S/c1-14-7-3-4-8-15(14)17-13-19(11-12-22-17)16-9-5-6-10-18(16)23(2,20)21/h3-10,17H,11-13H2,1-2H3. The minimum atomic E-state index is -3.26. The van der Waals surface area contributed by atoms with Crippen molar-refractivity contribution < 1.29 is 13.2 Å². The molecule has 1 heterocycles. The zero-order valence-corrected chi connectivity index (χ0v) is 14.2. The Morgan fingerprint density at radius 3 is 2.52 bits per heavy atom. The van der Waals surface area contributed by atoms with E-state index in [0.29, 0.717) is 24.6 Å². The van der Waals surface area contributed by atoms with Crippen molar-refractivity contribution in [3.63, 3.8) is 0 Å². The maximum Gasteiger partial charge on any atom is 0.177 e. The number of morpholine rings is 1. The van der Waals surface area contributed by atoms with Gasteiger partial charge in [0, 0.05) is 19.3 Å². The van der Waals surface area contributed by atoms with E-state index in [1.165, 1.54) is 11.8 Å². The van der Waals surface area contributed by atoms with E-state index in [1.54, 1.807) is 12.1 Å². The fourth-order valence-corrected chi connectivity index (χ4v) is 3.94. The van der Waals surface area contributed by atoms with Crippen LogP contribution >= 0.6 is 0 Å². The first-order valence-electron chi connectivity index (χ1n) is 7.68. The molecular formula is C18H21NO3S. The maximum absolute atomic E-state index is 12.0. The highest BCUT2D eigenvalue weighted by atomic mass is 32.2. The molecule has 0 bridgehead atoms. The highest BCUT2D eigenvalue weighted by Crippen LogP contribution is 2.31. The summed E-state index contributed by atoms with van der Waals surface area (Å²) in [5.74, 6) is 0. The second kappa shape index (κ2) is 6.34. The van der Waals surface area contributed by atoms with Crippen LogP contribution in [0.4, 0.5) is 5.69 Å². The van der Waals surface area contributed by atoms with Gasteiger partial charge < -0.3 is 9.64 Å². The van der Waals surface area contributed by atoms with Crippen molar-refractivity contribution in [1.29, 1.82) is 0 Å². The van der Waals surface area contributed by atoms with Crippen molar-refractivity contribution in [3.8, 4) is 0 Å². The number of anilines is 1. The number of rotatable bonds is 3. The molecule has 1 fully saturated rings. The normalized spacial score (nSPS) is 18.9. The Morgan fingerprint density at radius 2 is 1.78 bits per heavy atom. The monoisotopic (exact) mass is 331 g/mol.